The highest BCUT2D eigenvalue weighted by Gasteiger charge is 2.43. The zero-order valence-corrected chi connectivity index (χ0v) is 13.2. The summed E-state index contributed by atoms with van der Waals surface area (Å²) in [5, 5.41) is 3.40. The summed E-state index contributed by atoms with van der Waals surface area (Å²) < 4.78 is 1.03. The van der Waals surface area contributed by atoms with Crippen molar-refractivity contribution >= 4 is 21.8 Å². The van der Waals surface area contributed by atoms with Gasteiger partial charge in [-0.3, -0.25) is 10.1 Å². The van der Waals surface area contributed by atoms with E-state index in [2.05, 4.69) is 27.3 Å². The number of hydrogen-bond acceptors (Lipinski definition) is 2. The number of carbonyl (C=O) groups is 1. The van der Waals surface area contributed by atoms with Gasteiger partial charge in [-0.2, -0.15) is 0 Å². The predicted octanol–water partition coefficient (Wildman–Crippen LogP) is 2.87. The van der Waals surface area contributed by atoms with Crippen LogP contribution in [0.1, 0.15) is 23.1 Å². The molecule has 0 spiro atoms. The van der Waals surface area contributed by atoms with Gasteiger partial charge >= 0.3 is 0 Å². The van der Waals surface area contributed by atoms with Crippen LogP contribution in [0.3, 0.4) is 0 Å². The van der Waals surface area contributed by atoms with Gasteiger partial charge in [-0.05, 0) is 41.7 Å². The number of hydrogen-bond donors (Lipinski definition) is 2. The Morgan fingerprint density at radius 1 is 1.24 bits per heavy atom. The number of nitrogens with one attached hydrogen (secondary N) is 1. The standard InChI is InChI=1S/C17H17BrN2O/c18-14-6-7-15-13(10-14)8-9-17(15,16(19)21)20-11-12-4-2-1-3-5-12/h1-7,10,20H,8-9,11H2,(H2,19,21). The van der Waals surface area contributed by atoms with E-state index in [-0.39, 0.29) is 5.91 Å². The Morgan fingerprint density at radius 2 is 2.00 bits per heavy atom. The Balaban J connectivity index is 1.91. The van der Waals surface area contributed by atoms with Crippen LogP contribution in [0.5, 0.6) is 0 Å². The normalized spacial score (nSPS) is 20.2. The van der Waals surface area contributed by atoms with Crippen molar-refractivity contribution in [1.29, 1.82) is 0 Å². The second-order valence-corrected chi connectivity index (χ2v) is 6.33. The number of fused-ring (bicyclic) bond motifs is 1. The monoisotopic (exact) mass is 344 g/mol. The van der Waals surface area contributed by atoms with Crippen LogP contribution < -0.4 is 11.1 Å². The van der Waals surface area contributed by atoms with Crippen molar-refractivity contribution in [2.45, 2.75) is 24.9 Å². The van der Waals surface area contributed by atoms with E-state index in [1.54, 1.807) is 0 Å². The van der Waals surface area contributed by atoms with Crippen molar-refractivity contribution < 1.29 is 4.79 Å². The molecule has 21 heavy (non-hydrogen) atoms. The number of benzene rings is 2. The van der Waals surface area contributed by atoms with Crippen LogP contribution >= 0.6 is 15.9 Å². The summed E-state index contributed by atoms with van der Waals surface area (Å²) in [4.78, 5) is 12.1. The molecule has 3 nitrogen and oxygen atoms in total. The number of amides is 1. The van der Waals surface area contributed by atoms with Gasteiger partial charge in [0.05, 0.1) is 0 Å². The van der Waals surface area contributed by atoms with Gasteiger partial charge in [0, 0.05) is 11.0 Å². The molecule has 3 rings (SSSR count). The van der Waals surface area contributed by atoms with Crippen LogP contribution in [0.2, 0.25) is 0 Å². The smallest absolute Gasteiger partial charge is 0.242 e. The van der Waals surface area contributed by atoms with Crippen molar-refractivity contribution in [2.75, 3.05) is 0 Å². The quantitative estimate of drug-likeness (QED) is 0.895. The van der Waals surface area contributed by atoms with Gasteiger partial charge in [-0.1, -0.05) is 52.3 Å². The van der Waals surface area contributed by atoms with Crippen LogP contribution in [0.4, 0.5) is 0 Å². The number of nitrogens with two attached hydrogens (primary N) is 1. The minimum atomic E-state index is -0.758. The van der Waals surface area contributed by atoms with Crippen LogP contribution in [0.15, 0.2) is 53.0 Å². The first-order valence-electron chi connectivity index (χ1n) is 6.99. The molecule has 1 unspecified atom stereocenters. The van der Waals surface area contributed by atoms with Gasteiger partial charge in [-0.25, -0.2) is 0 Å². The van der Waals surface area contributed by atoms with Gasteiger partial charge in [0.1, 0.15) is 5.54 Å². The first-order valence-corrected chi connectivity index (χ1v) is 7.79. The molecule has 1 atom stereocenters. The van der Waals surface area contributed by atoms with Crippen molar-refractivity contribution in [3.63, 3.8) is 0 Å². The van der Waals surface area contributed by atoms with Crippen LogP contribution in [0.25, 0.3) is 0 Å². The molecule has 3 N–H and O–H groups in total. The molecule has 0 aliphatic heterocycles. The maximum atomic E-state index is 12.1. The van der Waals surface area contributed by atoms with Gasteiger partial charge in [0.2, 0.25) is 5.91 Å². The minimum absolute atomic E-state index is 0.306. The molecule has 0 fully saturated rings. The lowest BCUT2D eigenvalue weighted by Crippen LogP contribution is -2.50. The molecule has 4 heteroatoms. The summed E-state index contributed by atoms with van der Waals surface area (Å²) in [5.74, 6) is -0.306. The van der Waals surface area contributed by atoms with E-state index in [9.17, 15) is 4.79 Å². The fourth-order valence-electron chi connectivity index (χ4n) is 3.02. The van der Waals surface area contributed by atoms with E-state index in [0.717, 1.165) is 22.0 Å². The van der Waals surface area contributed by atoms with Crippen LogP contribution in [-0.2, 0) is 23.3 Å². The summed E-state index contributed by atoms with van der Waals surface area (Å²) in [6.45, 7) is 0.624. The van der Waals surface area contributed by atoms with Gasteiger partial charge < -0.3 is 5.73 Å². The van der Waals surface area contributed by atoms with Crippen molar-refractivity contribution in [3.8, 4) is 0 Å². The Bertz CT molecular complexity index is 672. The first-order chi connectivity index (χ1) is 10.1. The highest BCUT2D eigenvalue weighted by molar-refractivity contribution is 9.10. The minimum Gasteiger partial charge on any atom is -0.368 e. The lowest BCUT2D eigenvalue weighted by atomic mass is 9.90. The fourth-order valence-corrected chi connectivity index (χ4v) is 3.43. The second-order valence-electron chi connectivity index (χ2n) is 5.41. The molecule has 0 radical (unpaired) electrons. The van der Waals surface area contributed by atoms with Crippen LogP contribution in [0, 0.1) is 0 Å². The molecule has 1 aliphatic carbocycles. The van der Waals surface area contributed by atoms with Gasteiger partial charge in [0.25, 0.3) is 0 Å². The maximum absolute atomic E-state index is 12.1. The van der Waals surface area contributed by atoms with Crippen molar-refractivity contribution in [2.24, 2.45) is 5.73 Å². The molecule has 0 saturated heterocycles. The highest BCUT2D eigenvalue weighted by atomic mass is 79.9. The molecule has 0 heterocycles. The number of primary amides is 1. The molecule has 0 aromatic heterocycles. The molecule has 1 amide bonds. The van der Waals surface area contributed by atoms with E-state index in [1.807, 2.05) is 42.5 Å². The molecule has 1 aliphatic rings. The van der Waals surface area contributed by atoms with E-state index in [0.29, 0.717) is 13.0 Å². The van der Waals surface area contributed by atoms with Crippen LogP contribution in [-0.4, -0.2) is 5.91 Å². The van der Waals surface area contributed by atoms with E-state index < -0.39 is 5.54 Å². The van der Waals surface area contributed by atoms with E-state index in [4.69, 9.17) is 5.73 Å². The van der Waals surface area contributed by atoms with E-state index in [1.165, 1.54) is 5.56 Å². The summed E-state index contributed by atoms with van der Waals surface area (Å²) in [7, 11) is 0. The molecule has 0 bridgehead atoms. The van der Waals surface area contributed by atoms with Crippen molar-refractivity contribution in [1.82, 2.24) is 5.32 Å². The third-order valence-corrected chi connectivity index (χ3v) is 4.65. The van der Waals surface area contributed by atoms with Crippen molar-refractivity contribution in [3.05, 3.63) is 69.7 Å². The Kier molecular flexibility index (Phi) is 3.83. The Hall–Kier alpha value is -1.65. The second kappa shape index (κ2) is 5.62. The number of halogens is 1. The predicted molar refractivity (Wildman–Crippen MR) is 86.6 cm³/mol. The lowest BCUT2D eigenvalue weighted by molar-refractivity contribution is -0.124. The zero-order chi connectivity index (χ0) is 14.9. The molecule has 2 aromatic rings. The summed E-state index contributed by atoms with van der Waals surface area (Å²) in [6, 6.07) is 16.1. The Morgan fingerprint density at radius 3 is 2.71 bits per heavy atom. The Labute approximate surface area is 132 Å². The molecule has 0 saturated carbocycles. The number of aryl methyl sites for hydroxylation is 1. The fraction of sp³-hybridized carbons (Fsp3) is 0.235. The van der Waals surface area contributed by atoms with E-state index >= 15 is 0 Å². The lowest BCUT2D eigenvalue weighted by Gasteiger charge is -2.28. The largest absolute Gasteiger partial charge is 0.368 e. The average Bonchev–Trinajstić information content (AvgIpc) is 2.85. The maximum Gasteiger partial charge on any atom is 0.242 e. The molecule has 108 valence electrons. The molecule has 2 aromatic carbocycles. The van der Waals surface area contributed by atoms with Gasteiger partial charge in [-0.15, -0.1) is 0 Å². The average molecular weight is 345 g/mol. The summed E-state index contributed by atoms with van der Waals surface area (Å²) in [6.07, 6.45) is 1.57. The number of rotatable bonds is 4. The zero-order valence-electron chi connectivity index (χ0n) is 11.6. The first kappa shape index (κ1) is 14.3. The molecular formula is C17H17BrN2O. The summed E-state index contributed by atoms with van der Waals surface area (Å²) >= 11 is 3.48. The van der Waals surface area contributed by atoms with Gasteiger partial charge in [0.15, 0.2) is 0 Å². The SMILES string of the molecule is NC(=O)C1(NCc2ccccc2)CCc2cc(Br)ccc21. The third-order valence-electron chi connectivity index (χ3n) is 4.15. The highest BCUT2D eigenvalue weighted by Crippen LogP contribution is 2.38. The third kappa shape index (κ3) is 2.61. The topological polar surface area (TPSA) is 55.1 Å². The number of carbonyl (C=O) groups excluding carboxylic acids is 1. The summed E-state index contributed by atoms with van der Waals surface area (Å²) in [5.41, 5.74) is 8.31. The molecular weight excluding hydrogens is 328 g/mol.